The van der Waals surface area contributed by atoms with Gasteiger partial charge in [0.15, 0.2) is 0 Å². The number of carbonyl (C=O) groups excluding carboxylic acids is 2. The first-order chi connectivity index (χ1) is 11.6. The van der Waals surface area contributed by atoms with Crippen LogP contribution in [0.3, 0.4) is 0 Å². The van der Waals surface area contributed by atoms with E-state index in [0.29, 0.717) is 13.0 Å². The van der Waals surface area contributed by atoms with Gasteiger partial charge in [0.05, 0.1) is 5.41 Å². The molecule has 0 aromatic heterocycles. The number of rotatable bonds is 6. The summed E-state index contributed by atoms with van der Waals surface area (Å²) in [5, 5.41) is 0. The van der Waals surface area contributed by atoms with Crippen LogP contribution in [0.5, 0.6) is 0 Å². The van der Waals surface area contributed by atoms with Crippen molar-refractivity contribution in [2.45, 2.75) is 46.0 Å². The lowest BCUT2D eigenvalue weighted by Gasteiger charge is -2.32. The van der Waals surface area contributed by atoms with Gasteiger partial charge < -0.3 is 4.90 Å². The largest absolute Gasteiger partial charge is 0.304 e. The smallest absolute Gasteiger partial charge is 0.236 e. The molecule has 1 saturated heterocycles. The highest BCUT2D eigenvalue weighted by Gasteiger charge is 2.52. The summed E-state index contributed by atoms with van der Waals surface area (Å²) >= 11 is 0. The summed E-state index contributed by atoms with van der Waals surface area (Å²) in [4.78, 5) is 29.4. The van der Waals surface area contributed by atoms with Crippen molar-refractivity contribution in [2.24, 2.45) is 5.41 Å². The van der Waals surface area contributed by atoms with Crippen molar-refractivity contribution < 1.29 is 9.59 Å². The normalized spacial score (nSPS) is 23.4. The summed E-state index contributed by atoms with van der Waals surface area (Å²) in [5.41, 5.74) is 2.11. The van der Waals surface area contributed by atoms with E-state index in [1.54, 1.807) is 0 Å². The van der Waals surface area contributed by atoms with Crippen LogP contribution in [0.15, 0.2) is 24.3 Å². The number of hydrogen-bond donors (Lipinski definition) is 0. The van der Waals surface area contributed by atoms with E-state index in [1.165, 1.54) is 16.0 Å². The minimum Gasteiger partial charge on any atom is -0.304 e. The molecule has 1 atom stereocenters. The Bertz CT molecular complexity index is 624. The second-order valence-electron chi connectivity index (χ2n) is 7.13. The average Bonchev–Trinajstić information content (AvgIpc) is 2.82. The summed E-state index contributed by atoms with van der Waals surface area (Å²) in [6.45, 7) is 7.82. The lowest BCUT2D eigenvalue weighted by atomic mass is 9.70. The Morgan fingerprint density at radius 2 is 1.79 bits per heavy atom. The fourth-order valence-corrected chi connectivity index (χ4v) is 4.21. The van der Waals surface area contributed by atoms with Gasteiger partial charge in [-0.3, -0.25) is 14.5 Å². The van der Waals surface area contributed by atoms with Crippen LogP contribution in [0.2, 0.25) is 0 Å². The standard InChI is InChI=1S/C20H28N2O2/c1-3-21(4-2)12-7-13-22-18(23)15-20(19(22)24)11-10-16-8-5-6-9-17(16)14-20/h5-6,8-9H,3-4,7,10-15H2,1-2H3. The van der Waals surface area contributed by atoms with Crippen molar-refractivity contribution in [3.05, 3.63) is 35.4 Å². The van der Waals surface area contributed by atoms with E-state index in [0.717, 1.165) is 45.3 Å². The molecule has 130 valence electrons. The van der Waals surface area contributed by atoms with Crippen LogP contribution < -0.4 is 0 Å². The molecule has 0 bridgehead atoms. The van der Waals surface area contributed by atoms with Crippen molar-refractivity contribution in [3.63, 3.8) is 0 Å². The van der Waals surface area contributed by atoms with E-state index in [9.17, 15) is 9.59 Å². The number of amides is 2. The van der Waals surface area contributed by atoms with Crippen molar-refractivity contribution >= 4 is 11.8 Å². The fourth-order valence-electron chi connectivity index (χ4n) is 4.21. The van der Waals surface area contributed by atoms with Crippen LogP contribution in [0.1, 0.15) is 44.2 Å². The molecule has 0 radical (unpaired) electrons. The van der Waals surface area contributed by atoms with Crippen LogP contribution >= 0.6 is 0 Å². The molecule has 4 heteroatoms. The maximum Gasteiger partial charge on any atom is 0.236 e. The predicted octanol–water partition coefficient (Wildman–Crippen LogP) is 2.65. The van der Waals surface area contributed by atoms with Gasteiger partial charge in [-0.2, -0.15) is 0 Å². The zero-order valence-corrected chi connectivity index (χ0v) is 14.9. The molecule has 0 saturated carbocycles. The van der Waals surface area contributed by atoms with Gasteiger partial charge in [0.25, 0.3) is 0 Å². The molecular weight excluding hydrogens is 300 g/mol. The van der Waals surface area contributed by atoms with Crippen molar-refractivity contribution in [2.75, 3.05) is 26.2 Å². The number of benzene rings is 1. The van der Waals surface area contributed by atoms with E-state index in [4.69, 9.17) is 0 Å². The Morgan fingerprint density at radius 1 is 1.08 bits per heavy atom. The average molecular weight is 328 g/mol. The second-order valence-corrected chi connectivity index (χ2v) is 7.13. The van der Waals surface area contributed by atoms with Crippen LogP contribution in [-0.2, 0) is 22.4 Å². The monoisotopic (exact) mass is 328 g/mol. The first-order valence-electron chi connectivity index (χ1n) is 9.23. The molecule has 1 spiro atoms. The molecule has 1 heterocycles. The lowest BCUT2D eigenvalue weighted by molar-refractivity contribution is -0.141. The maximum absolute atomic E-state index is 13.0. The molecule has 2 aliphatic rings. The van der Waals surface area contributed by atoms with Gasteiger partial charge >= 0.3 is 0 Å². The first kappa shape index (κ1) is 17.2. The van der Waals surface area contributed by atoms with Gasteiger partial charge in [0.2, 0.25) is 11.8 Å². The van der Waals surface area contributed by atoms with Gasteiger partial charge in [-0.05, 0) is 56.4 Å². The summed E-state index contributed by atoms with van der Waals surface area (Å²) in [6.07, 6.45) is 3.70. The number of likely N-dealkylation sites (tertiary alicyclic amines) is 1. The Kier molecular flexibility index (Phi) is 5.04. The van der Waals surface area contributed by atoms with Gasteiger partial charge in [0.1, 0.15) is 0 Å². The van der Waals surface area contributed by atoms with Gasteiger partial charge in [0, 0.05) is 13.0 Å². The first-order valence-corrected chi connectivity index (χ1v) is 9.23. The van der Waals surface area contributed by atoms with Crippen LogP contribution in [0.4, 0.5) is 0 Å². The molecule has 1 fully saturated rings. The van der Waals surface area contributed by atoms with Gasteiger partial charge in [-0.1, -0.05) is 38.1 Å². The zero-order valence-electron chi connectivity index (χ0n) is 14.9. The minimum atomic E-state index is -0.472. The molecule has 1 aromatic carbocycles. The number of nitrogens with zero attached hydrogens (tertiary/aromatic N) is 2. The van der Waals surface area contributed by atoms with Gasteiger partial charge in [-0.15, -0.1) is 0 Å². The van der Waals surface area contributed by atoms with E-state index < -0.39 is 5.41 Å². The number of hydrogen-bond acceptors (Lipinski definition) is 3. The lowest BCUT2D eigenvalue weighted by Crippen LogP contribution is -2.40. The number of carbonyl (C=O) groups is 2. The van der Waals surface area contributed by atoms with Crippen LogP contribution in [-0.4, -0.2) is 47.8 Å². The molecule has 0 N–H and O–H groups in total. The van der Waals surface area contributed by atoms with Crippen molar-refractivity contribution in [1.82, 2.24) is 9.80 Å². The number of fused-ring (bicyclic) bond motifs is 1. The van der Waals surface area contributed by atoms with Crippen molar-refractivity contribution in [3.8, 4) is 0 Å². The van der Waals surface area contributed by atoms with Crippen LogP contribution in [0, 0.1) is 5.41 Å². The summed E-state index contributed by atoms with van der Waals surface area (Å²) in [7, 11) is 0. The molecule has 3 rings (SSSR count). The molecule has 1 aromatic rings. The molecule has 1 aliphatic heterocycles. The third-order valence-corrected chi connectivity index (χ3v) is 5.76. The van der Waals surface area contributed by atoms with Crippen LogP contribution in [0.25, 0.3) is 0 Å². The maximum atomic E-state index is 13.0. The van der Waals surface area contributed by atoms with E-state index >= 15 is 0 Å². The third-order valence-electron chi connectivity index (χ3n) is 5.76. The topological polar surface area (TPSA) is 40.6 Å². The fraction of sp³-hybridized carbons (Fsp3) is 0.600. The molecule has 4 nitrogen and oxygen atoms in total. The number of aryl methyl sites for hydroxylation is 1. The van der Waals surface area contributed by atoms with Crippen molar-refractivity contribution in [1.29, 1.82) is 0 Å². The van der Waals surface area contributed by atoms with E-state index in [2.05, 4.69) is 36.9 Å². The SMILES string of the molecule is CCN(CC)CCCN1C(=O)CC2(CCc3ccccc3C2)C1=O. The highest BCUT2D eigenvalue weighted by Crippen LogP contribution is 2.44. The molecule has 1 unspecified atom stereocenters. The highest BCUT2D eigenvalue weighted by molar-refractivity contribution is 6.06. The zero-order chi connectivity index (χ0) is 17.2. The Morgan fingerprint density at radius 3 is 2.50 bits per heavy atom. The van der Waals surface area contributed by atoms with E-state index in [1.807, 2.05) is 6.07 Å². The summed E-state index contributed by atoms with van der Waals surface area (Å²) in [5.74, 6) is 0.0977. The summed E-state index contributed by atoms with van der Waals surface area (Å²) in [6, 6.07) is 8.33. The number of imide groups is 1. The molecular formula is C20H28N2O2. The third kappa shape index (κ3) is 3.12. The summed E-state index contributed by atoms with van der Waals surface area (Å²) < 4.78 is 0. The Hall–Kier alpha value is -1.68. The molecule has 24 heavy (non-hydrogen) atoms. The quantitative estimate of drug-likeness (QED) is 0.754. The molecule has 1 aliphatic carbocycles. The Balaban J connectivity index is 1.66. The van der Waals surface area contributed by atoms with E-state index in [-0.39, 0.29) is 11.8 Å². The second kappa shape index (κ2) is 7.06. The minimum absolute atomic E-state index is 0.0268. The highest BCUT2D eigenvalue weighted by atomic mass is 16.2. The molecule has 2 amide bonds. The Labute approximate surface area is 144 Å². The van der Waals surface area contributed by atoms with Gasteiger partial charge in [-0.25, -0.2) is 0 Å². The predicted molar refractivity (Wildman–Crippen MR) is 94.6 cm³/mol.